The van der Waals surface area contributed by atoms with Crippen molar-refractivity contribution in [1.29, 1.82) is 0 Å². The molecule has 0 bridgehead atoms. The lowest BCUT2D eigenvalue weighted by molar-refractivity contribution is 0.0378. The summed E-state index contributed by atoms with van der Waals surface area (Å²) in [5.41, 5.74) is 0.876. The van der Waals surface area contributed by atoms with Crippen molar-refractivity contribution in [3.05, 3.63) is 36.2 Å². The molecule has 0 saturated carbocycles. The van der Waals surface area contributed by atoms with Crippen LogP contribution in [0.3, 0.4) is 0 Å². The van der Waals surface area contributed by atoms with E-state index >= 15 is 0 Å². The van der Waals surface area contributed by atoms with Gasteiger partial charge >= 0.3 is 5.97 Å². The van der Waals surface area contributed by atoms with Crippen LogP contribution in [0, 0.1) is 0 Å². The first-order valence-corrected chi connectivity index (χ1v) is 5.50. The number of aryl methyl sites for hydroxylation is 1. The van der Waals surface area contributed by atoms with Gasteiger partial charge in [-0.05, 0) is 19.4 Å². The highest BCUT2D eigenvalue weighted by Gasteiger charge is 2.17. The van der Waals surface area contributed by atoms with Crippen molar-refractivity contribution in [2.75, 3.05) is 0 Å². The van der Waals surface area contributed by atoms with Gasteiger partial charge in [0.05, 0.1) is 0 Å². The van der Waals surface area contributed by atoms with Gasteiger partial charge in [0.1, 0.15) is 11.8 Å². The summed E-state index contributed by atoms with van der Waals surface area (Å²) in [5, 5.41) is 0. The van der Waals surface area contributed by atoms with E-state index in [9.17, 15) is 9.59 Å². The van der Waals surface area contributed by atoms with Crippen molar-refractivity contribution in [3.63, 3.8) is 0 Å². The summed E-state index contributed by atoms with van der Waals surface area (Å²) in [6, 6.07) is 1.54. The maximum Gasteiger partial charge on any atom is 0.355 e. The summed E-state index contributed by atoms with van der Waals surface area (Å²) in [5.74, 6) is -0.512. The quantitative estimate of drug-likeness (QED) is 0.447. The van der Waals surface area contributed by atoms with Gasteiger partial charge in [-0.2, -0.15) is 0 Å². The molecule has 0 spiro atoms. The van der Waals surface area contributed by atoms with Crippen LogP contribution in [0.4, 0.5) is 0 Å². The Morgan fingerprint density at radius 2 is 2.24 bits per heavy atom. The average molecular weight is 235 g/mol. The SMILES string of the molecule is C=CC(CC)OC(=O)c1cc(C(C)=O)cn1C. The number of esters is 1. The number of ether oxygens (including phenoxy) is 1. The highest BCUT2D eigenvalue weighted by Crippen LogP contribution is 2.11. The molecule has 1 rings (SSSR count). The van der Waals surface area contributed by atoms with Crippen LogP contribution < -0.4 is 0 Å². The number of nitrogens with zero attached hydrogens (tertiary/aromatic N) is 1. The van der Waals surface area contributed by atoms with Crippen LogP contribution in [0.25, 0.3) is 0 Å². The molecule has 0 saturated heterocycles. The van der Waals surface area contributed by atoms with Gasteiger partial charge in [-0.3, -0.25) is 4.79 Å². The fraction of sp³-hybridized carbons (Fsp3) is 0.385. The van der Waals surface area contributed by atoms with Gasteiger partial charge in [-0.1, -0.05) is 19.6 Å². The fourth-order valence-corrected chi connectivity index (χ4v) is 1.46. The predicted molar refractivity (Wildman–Crippen MR) is 65.1 cm³/mol. The van der Waals surface area contributed by atoms with E-state index in [0.29, 0.717) is 17.7 Å². The topological polar surface area (TPSA) is 48.3 Å². The van der Waals surface area contributed by atoms with Crippen LogP contribution in [0.1, 0.15) is 41.1 Å². The molecule has 0 amide bonds. The van der Waals surface area contributed by atoms with Crippen molar-refractivity contribution in [2.45, 2.75) is 26.4 Å². The molecule has 1 heterocycles. The van der Waals surface area contributed by atoms with E-state index in [-0.39, 0.29) is 11.9 Å². The lowest BCUT2D eigenvalue weighted by atomic mass is 10.2. The summed E-state index contributed by atoms with van der Waals surface area (Å²) in [6.45, 7) is 6.97. The van der Waals surface area contributed by atoms with Gasteiger partial charge in [0.25, 0.3) is 0 Å². The number of aromatic nitrogens is 1. The Kier molecular flexibility index (Phi) is 4.26. The first kappa shape index (κ1) is 13.2. The van der Waals surface area contributed by atoms with Gasteiger partial charge in [0, 0.05) is 18.8 Å². The number of carbonyl (C=O) groups is 2. The lowest BCUT2D eigenvalue weighted by Gasteiger charge is -2.11. The molecule has 0 radical (unpaired) electrons. The molecular weight excluding hydrogens is 218 g/mol. The summed E-state index contributed by atoms with van der Waals surface area (Å²) in [6.07, 6.45) is 3.60. The normalized spacial score (nSPS) is 11.9. The summed E-state index contributed by atoms with van der Waals surface area (Å²) < 4.78 is 6.81. The smallest absolute Gasteiger partial charge is 0.355 e. The van der Waals surface area contributed by atoms with Gasteiger partial charge in [0.2, 0.25) is 0 Å². The van der Waals surface area contributed by atoms with Gasteiger partial charge in [0.15, 0.2) is 5.78 Å². The third kappa shape index (κ3) is 3.06. The van der Waals surface area contributed by atoms with Crippen LogP contribution in [-0.4, -0.2) is 22.4 Å². The van der Waals surface area contributed by atoms with Crippen LogP contribution in [0.2, 0.25) is 0 Å². The lowest BCUT2D eigenvalue weighted by Crippen LogP contribution is -2.17. The average Bonchev–Trinajstić information content (AvgIpc) is 2.68. The first-order valence-electron chi connectivity index (χ1n) is 5.50. The molecule has 1 aromatic heterocycles. The maximum atomic E-state index is 11.8. The van der Waals surface area contributed by atoms with E-state index in [1.165, 1.54) is 6.92 Å². The van der Waals surface area contributed by atoms with E-state index in [0.717, 1.165) is 0 Å². The fourth-order valence-electron chi connectivity index (χ4n) is 1.46. The molecule has 17 heavy (non-hydrogen) atoms. The number of hydrogen-bond donors (Lipinski definition) is 0. The van der Waals surface area contributed by atoms with Gasteiger partial charge < -0.3 is 9.30 Å². The van der Waals surface area contributed by atoms with Crippen molar-refractivity contribution in [3.8, 4) is 0 Å². The third-order valence-electron chi connectivity index (χ3n) is 2.54. The van der Waals surface area contributed by atoms with E-state index in [2.05, 4.69) is 6.58 Å². The summed E-state index contributed by atoms with van der Waals surface area (Å²) >= 11 is 0. The minimum atomic E-state index is -0.438. The summed E-state index contributed by atoms with van der Waals surface area (Å²) in [7, 11) is 1.71. The molecule has 4 nitrogen and oxygen atoms in total. The molecule has 1 atom stereocenters. The molecule has 4 heteroatoms. The number of hydrogen-bond acceptors (Lipinski definition) is 3. The van der Waals surface area contributed by atoms with E-state index < -0.39 is 5.97 Å². The largest absolute Gasteiger partial charge is 0.453 e. The molecule has 1 aromatic rings. The molecule has 0 aliphatic carbocycles. The van der Waals surface area contributed by atoms with Crippen molar-refractivity contribution < 1.29 is 14.3 Å². The number of carbonyl (C=O) groups excluding carboxylic acids is 2. The van der Waals surface area contributed by atoms with E-state index in [1.807, 2.05) is 6.92 Å². The Bertz CT molecular complexity index is 446. The van der Waals surface area contributed by atoms with Gasteiger partial charge in [-0.15, -0.1) is 0 Å². The molecule has 0 fully saturated rings. The Labute approximate surface area is 101 Å². The van der Waals surface area contributed by atoms with Crippen LogP contribution in [0.5, 0.6) is 0 Å². The van der Waals surface area contributed by atoms with Crippen molar-refractivity contribution in [1.82, 2.24) is 4.57 Å². The number of rotatable bonds is 5. The first-order chi connectivity index (χ1) is 7.99. The summed E-state index contributed by atoms with van der Waals surface area (Å²) in [4.78, 5) is 23.0. The van der Waals surface area contributed by atoms with Crippen LogP contribution >= 0.6 is 0 Å². The van der Waals surface area contributed by atoms with Gasteiger partial charge in [-0.25, -0.2) is 4.79 Å². The van der Waals surface area contributed by atoms with Crippen molar-refractivity contribution >= 4 is 11.8 Å². The second-order valence-corrected chi connectivity index (χ2v) is 3.87. The molecule has 1 unspecified atom stereocenters. The van der Waals surface area contributed by atoms with Crippen LogP contribution in [0.15, 0.2) is 24.9 Å². The zero-order valence-corrected chi connectivity index (χ0v) is 10.4. The Hall–Kier alpha value is -1.84. The molecule has 92 valence electrons. The second-order valence-electron chi connectivity index (χ2n) is 3.87. The third-order valence-corrected chi connectivity index (χ3v) is 2.54. The number of Topliss-reactive ketones (excluding diaryl/α,β-unsaturated/α-hetero) is 1. The molecular formula is C13H17NO3. The standard InChI is InChI=1S/C13H17NO3/c1-5-11(6-2)17-13(16)12-7-10(9(3)15)8-14(12)4/h5,7-8,11H,1,6H2,2-4H3. The monoisotopic (exact) mass is 235 g/mol. The molecule has 0 aliphatic heterocycles. The highest BCUT2D eigenvalue weighted by atomic mass is 16.5. The molecule has 0 N–H and O–H groups in total. The Balaban J connectivity index is 2.89. The number of ketones is 1. The van der Waals surface area contributed by atoms with Crippen molar-refractivity contribution in [2.24, 2.45) is 7.05 Å². The zero-order valence-electron chi connectivity index (χ0n) is 10.4. The molecule has 0 aliphatic rings. The predicted octanol–water partition coefficient (Wildman–Crippen LogP) is 2.35. The van der Waals surface area contributed by atoms with Crippen LogP contribution in [-0.2, 0) is 11.8 Å². The Morgan fingerprint density at radius 3 is 2.65 bits per heavy atom. The molecule has 0 aromatic carbocycles. The van der Waals surface area contributed by atoms with E-state index in [4.69, 9.17) is 4.74 Å². The Morgan fingerprint density at radius 1 is 1.59 bits per heavy atom. The van der Waals surface area contributed by atoms with E-state index in [1.54, 1.807) is 30.0 Å². The maximum absolute atomic E-state index is 11.8. The zero-order chi connectivity index (χ0) is 13.0. The minimum absolute atomic E-state index is 0.0737. The minimum Gasteiger partial charge on any atom is -0.453 e. The highest BCUT2D eigenvalue weighted by molar-refractivity contribution is 5.97. The second kappa shape index (κ2) is 5.48.